The Morgan fingerprint density at radius 3 is 2.53 bits per heavy atom. The lowest BCUT2D eigenvalue weighted by atomic mass is 9.75. The first-order valence-electron chi connectivity index (χ1n) is 12.6. The third-order valence-corrected chi connectivity index (χ3v) is 8.22. The summed E-state index contributed by atoms with van der Waals surface area (Å²) in [4.78, 5) is 45.1. The molecule has 6 atom stereocenters. The van der Waals surface area contributed by atoms with Crippen molar-refractivity contribution in [3.8, 4) is 0 Å². The Morgan fingerprint density at radius 1 is 1.08 bits per heavy atom. The van der Waals surface area contributed by atoms with E-state index in [9.17, 15) is 19.5 Å². The van der Waals surface area contributed by atoms with E-state index in [1.54, 1.807) is 30.1 Å². The first kappa shape index (κ1) is 24.7. The van der Waals surface area contributed by atoms with Crippen molar-refractivity contribution in [3.63, 3.8) is 0 Å². The zero-order chi connectivity index (χ0) is 26.0. The lowest BCUT2D eigenvalue weighted by molar-refractivity contribution is -0.158. The molecule has 8 heteroatoms. The number of amides is 2. The van der Waals surface area contributed by atoms with Crippen LogP contribution >= 0.6 is 0 Å². The Kier molecular flexibility index (Phi) is 5.87. The lowest BCUT2D eigenvalue weighted by Gasteiger charge is -2.41. The molecule has 1 aromatic carbocycles. The zero-order valence-electron chi connectivity index (χ0n) is 21.4. The van der Waals surface area contributed by atoms with Crippen LogP contribution < -0.4 is 4.90 Å². The van der Waals surface area contributed by atoms with E-state index < -0.39 is 41.1 Å². The Labute approximate surface area is 211 Å². The largest absolute Gasteiger partial charge is 0.461 e. The number of likely N-dealkylation sites (tertiary alicyclic amines) is 1. The fraction of sp³-hybridized carbons (Fsp3) is 0.536. The molecule has 0 aliphatic carbocycles. The molecule has 0 aromatic heterocycles. The molecule has 1 spiro atoms. The Hall–Kier alpha value is -2.97. The van der Waals surface area contributed by atoms with Crippen molar-refractivity contribution in [2.45, 2.75) is 57.9 Å². The van der Waals surface area contributed by atoms with Crippen LogP contribution in [0.5, 0.6) is 0 Å². The summed E-state index contributed by atoms with van der Waals surface area (Å²) >= 11 is 0. The van der Waals surface area contributed by atoms with Crippen molar-refractivity contribution in [3.05, 3.63) is 53.6 Å². The summed E-state index contributed by atoms with van der Waals surface area (Å²) in [5.41, 5.74) is 0.232. The number of carbonyl (C=O) groups excluding carboxylic acids is 3. The number of hydrogen-bond acceptors (Lipinski definition) is 6. The van der Waals surface area contributed by atoms with Crippen LogP contribution in [0, 0.1) is 31.6 Å². The van der Waals surface area contributed by atoms with E-state index in [4.69, 9.17) is 9.47 Å². The number of esters is 1. The molecule has 192 valence electrons. The maximum Gasteiger partial charge on any atom is 0.313 e. The predicted octanol–water partition coefficient (Wildman–Crippen LogP) is 2.31. The fourth-order valence-corrected chi connectivity index (χ4v) is 6.50. The third kappa shape index (κ3) is 3.38. The van der Waals surface area contributed by atoms with Gasteiger partial charge in [-0.15, -0.1) is 0 Å². The quantitative estimate of drug-likeness (QED) is 0.510. The van der Waals surface area contributed by atoms with Gasteiger partial charge in [0.05, 0.1) is 24.2 Å². The summed E-state index contributed by atoms with van der Waals surface area (Å²) in [6, 6.07) is 4.27. The number of rotatable bonds is 4. The number of anilines is 1. The topological polar surface area (TPSA) is 96.4 Å². The number of aliphatic hydroxyl groups excluding tert-OH is 1. The molecule has 2 amide bonds. The zero-order valence-corrected chi connectivity index (χ0v) is 21.4. The summed E-state index contributed by atoms with van der Waals surface area (Å²) in [5, 5.41) is 10.3. The van der Waals surface area contributed by atoms with Gasteiger partial charge in [-0.25, -0.2) is 0 Å². The minimum absolute atomic E-state index is 0.107. The predicted molar refractivity (Wildman–Crippen MR) is 133 cm³/mol. The maximum absolute atomic E-state index is 14.5. The molecular weight excluding hydrogens is 460 g/mol. The van der Waals surface area contributed by atoms with Gasteiger partial charge in [-0.1, -0.05) is 44.2 Å². The average Bonchev–Trinajstić information content (AvgIpc) is 3.07. The van der Waals surface area contributed by atoms with Crippen LogP contribution in [0.2, 0.25) is 0 Å². The number of nitrogens with zero attached hydrogens (tertiary/aromatic N) is 2. The molecule has 0 radical (unpaired) electrons. The molecule has 1 aromatic rings. The highest BCUT2D eigenvalue weighted by molar-refractivity contribution is 6.06. The fourth-order valence-electron chi connectivity index (χ4n) is 6.50. The molecule has 36 heavy (non-hydrogen) atoms. The summed E-state index contributed by atoms with van der Waals surface area (Å²) in [5.74, 6) is -3.16. The number of hydrogen-bond donors (Lipinski definition) is 1. The van der Waals surface area contributed by atoms with Gasteiger partial charge in [0, 0.05) is 12.2 Å². The smallest absolute Gasteiger partial charge is 0.313 e. The number of carbonyl (C=O) groups is 3. The van der Waals surface area contributed by atoms with E-state index in [0.717, 1.165) is 16.8 Å². The van der Waals surface area contributed by atoms with Crippen LogP contribution in [-0.2, 0) is 23.9 Å². The highest BCUT2D eigenvalue weighted by atomic mass is 16.6. The number of fused-ring (bicyclic) bond motifs is 2. The molecule has 4 aliphatic heterocycles. The molecule has 0 saturated carbocycles. The van der Waals surface area contributed by atoms with E-state index in [1.165, 1.54) is 4.90 Å². The van der Waals surface area contributed by atoms with Crippen LogP contribution in [0.25, 0.3) is 0 Å². The summed E-state index contributed by atoms with van der Waals surface area (Å²) in [7, 11) is 0. The molecular formula is C28H34N2O6. The minimum Gasteiger partial charge on any atom is -0.461 e. The van der Waals surface area contributed by atoms with Gasteiger partial charge in [0.25, 0.3) is 5.91 Å². The molecule has 8 nitrogen and oxygen atoms in total. The minimum atomic E-state index is -1.37. The van der Waals surface area contributed by atoms with E-state index in [1.807, 2.05) is 52.0 Å². The number of benzene rings is 1. The van der Waals surface area contributed by atoms with Crippen molar-refractivity contribution < 1.29 is 29.0 Å². The van der Waals surface area contributed by atoms with E-state index in [2.05, 4.69) is 0 Å². The van der Waals surface area contributed by atoms with Gasteiger partial charge in [-0.05, 0) is 50.0 Å². The SMILES string of the molecule is Cc1ccc(C)c(N2CC=C[C@]34O[C@@]5(C)C=CCOC(=O)[C@H]5[C@H]3C(=O)N([C@@H](CO)C(C)C)C4C2=O)c1. The summed E-state index contributed by atoms with van der Waals surface area (Å²) < 4.78 is 12.1. The van der Waals surface area contributed by atoms with Crippen LogP contribution in [-0.4, -0.2) is 70.8 Å². The van der Waals surface area contributed by atoms with Crippen molar-refractivity contribution in [1.29, 1.82) is 0 Å². The maximum atomic E-state index is 14.5. The Bertz CT molecular complexity index is 1170. The van der Waals surface area contributed by atoms with Crippen molar-refractivity contribution in [2.75, 3.05) is 24.7 Å². The van der Waals surface area contributed by atoms with E-state index in [0.29, 0.717) is 6.54 Å². The molecule has 0 bridgehead atoms. The molecule has 5 rings (SSSR count). The standard InChI is InChI=1S/C28H34N2O6/c1-16(2)20(15-31)30-23-25(33)29(19-14-17(3)8-9-18(19)4)12-6-11-28(23)21(24(30)32)22-26(34)35-13-7-10-27(22,5)36-28/h6-11,14,16,20-23,31H,12-13,15H2,1-5H3/t20-,21-,22+,23?,27-,28-/m0/s1. The molecule has 4 heterocycles. The first-order chi connectivity index (χ1) is 17.1. The molecule has 1 unspecified atom stereocenters. The van der Waals surface area contributed by atoms with Crippen LogP contribution in [0.4, 0.5) is 5.69 Å². The number of cyclic esters (lactones) is 1. The van der Waals surface area contributed by atoms with Crippen LogP contribution in [0.1, 0.15) is 31.9 Å². The van der Waals surface area contributed by atoms with Gasteiger partial charge in [0.15, 0.2) is 0 Å². The van der Waals surface area contributed by atoms with Gasteiger partial charge in [-0.2, -0.15) is 0 Å². The molecule has 4 aliphatic rings. The van der Waals surface area contributed by atoms with Gasteiger partial charge in [-0.3, -0.25) is 14.4 Å². The van der Waals surface area contributed by atoms with E-state index >= 15 is 0 Å². The second-order valence-electron chi connectivity index (χ2n) is 10.9. The first-order valence-corrected chi connectivity index (χ1v) is 12.6. The number of aryl methyl sites for hydroxylation is 2. The highest BCUT2D eigenvalue weighted by Gasteiger charge is 2.75. The van der Waals surface area contributed by atoms with Gasteiger partial charge in [0.2, 0.25) is 5.91 Å². The second kappa shape index (κ2) is 8.56. The molecule has 1 N–H and O–H groups in total. The van der Waals surface area contributed by atoms with Gasteiger partial charge < -0.3 is 24.4 Å². The second-order valence-corrected chi connectivity index (χ2v) is 10.9. The van der Waals surface area contributed by atoms with Crippen molar-refractivity contribution in [1.82, 2.24) is 4.90 Å². The highest BCUT2D eigenvalue weighted by Crippen LogP contribution is 2.58. The third-order valence-electron chi connectivity index (χ3n) is 8.22. The number of aliphatic hydroxyl groups is 1. The Morgan fingerprint density at radius 2 is 1.83 bits per heavy atom. The molecule has 2 fully saturated rings. The normalized spacial score (nSPS) is 34.3. The van der Waals surface area contributed by atoms with E-state index in [-0.39, 0.29) is 30.9 Å². The number of ether oxygens (including phenoxy) is 2. The van der Waals surface area contributed by atoms with Crippen molar-refractivity contribution >= 4 is 23.5 Å². The average molecular weight is 495 g/mol. The van der Waals surface area contributed by atoms with Gasteiger partial charge in [0.1, 0.15) is 24.2 Å². The van der Waals surface area contributed by atoms with Gasteiger partial charge >= 0.3 is 5.97 Å². The molecule has 2 saturated heterocycles. The monoisotopic (exact) mass is 494 g/mol. The van der Waals surface area contributed by atoms with Crippen LogP contribution in [0.15, 0.2) is 42.5 Å². The summed E-state index contributed by atoms with van der Waals surface area (Å²) in [6.07, 6.45) is 7.17. The lowest BCUT2D eigenvalue weighted by Crippen LogP contribution is -2.59. The van der Waals surface area contributed by atoms with Crippen molar-refractivity contribution in [2.24, 2.45) is 17.8 Å². The van der Waals surface area contributed by atoms with Crippen LogP contribution in [0.3, 0.4) is 0 Å². The summed E-state index contributed by atoms with van der Waals surface area (Å²) in [6.45, 7) is 9.60. The Balaban J connectivity index is 1.71.